The van der Waals surface area contributed by atoms with Gasteiger partial charge in [-0.15, -0.1) is 0 Å². The molecule has 0 bridgehead atoms. The van der Waals surface area contributed by atoms with Crippen LogP contribution in [-0.4, -0.2) is 31.8 Å². The highest BCUT2D eigenvalue weighted by atomic mass is 16.6. The van der Waals surface area contributed by atoms with Crippen LogP contribution in [-0.2, 0) is 11.3 Å². The third-order valence-corrected chi connectivity index (χ3v) is 1.79. The molecule has 0 spiro atoms. The number of aryl methyl sites for hydroxylation is 1. The number of carboxylic acid groups (broad SMARTS) is 1. The summed E-state index contributed by atoms with van der Waals surface area (Å²) in [6.07, 6.45) is 1.39. The fraction of sp³-hybridized carbons (Fsp3) is 0.429. The van der Waals surface area contributed by atoms with E-state index in [2.05, 4.69) is 5.10 Å². The lowest BCUT2D eigenvalue weighted by Crippen LogP contribution is -2.34. The van der Waals surface area contributed by atoms with Crippen molar-refractivity contribution in [3.05, 3.63) is 21.9 Å². The van der Waals surface area contributed by atoms with Gasteiger partial charge in [0.15, 0.2) is 0 Å². The zero-order chi connectivity index (χ0) is 11.6. The van der Waals surface area contributed by atoms with Gasteiger partial charge in [-0.25, -0.2) is 0 Å². The van der Waals surface area contributed by atoms with E-state index in [1.54, 1.807) is 0 Å². The minimum Gasteiger partial charge on any atom is -0.480 e. The molecule has 8 heteroatoms. The predicted molar refractivity (Wildman–Crippen MR) is 49.2 cm³/mol. The van der Waals surface area contributed by atoms with Crippen molar-refractivity contribution in [2.75, 3.05) is 0 Å². The van der Waals surface area contributed by atoms with Crippen LogP contribution < -0.4 is 5.73 Å². The van der Waals surface area contributed by atoms with Crippen LogP contribution in [0.5, 0.6) is 0 Å². The Balaban J connectivity index is 2.84. The van der Waals surface area contributed by atoms with Crippen molar-refractivity contribution in [1.82, 2.24) is 9.78 Å². The normalized spacial score (nSPS) is 12.4. The fourth-order valence-electron chi connectivity index (χ4n) is 1.06. The van der Waals surface area contributed by atoms with Crippen LogP contribution in [0, 0.1) is 17.0 Å². The number of rotatable bonds is 4. The molecule has 0 amide bonds. The van der Waals surface area contributed by atoms with Crippen molar-refractivity contribution >= 4 is 11.8 Å². The number of aliphatic carboxylic acids is 1. The Kier molecular flexibility index (Phi) is 3.00. The second-order valence-electron chi connectivity index (χ2n) is 3.06. The Morgan fingerprint density at radius 1 is 1.87 bits per heavy atom. The molecule has 1 atom stereocenters. The van der Waals surface area contributed by atoms with E-state index < -0.39 is 16.9 Å². The lowest BCUT2D eigenvalue weighted by Gasteiger charge is -2.02. The van der Waals surface area contributed by atoms with Crippen molar-refractivity contribution in [3.63, 3.8) is 0 Å². The number of carboxylic acids is 1. The van der Waals surface area contributed by atoms with Crippen molar-refractivity contribution in [1.29, 1.82) is 0 Å². The van der Waals surface area contributed by atoms with E-state index in [0.717, 1.165) is 4.68 Å². The van der Waals surface area contributed by atoms with E-state index >= 15 is 0 Å². The Bertz CT molecular complexity index is 400. The first-order chi connectivity index (χ1) is 6.91. The Labute approximate surface area is 84.4 Å². The van der Waals surface area contributed by atoms with E-state index in [4.69, 9.17) is 10.8 Å². The molecule has 0 aliphatic heterocycles. The molecule has 15 heavy (non-hydrogen) atoms. The first-order valence-electron chi connectivity index (χ1n) is 4.08. The van der Waals surface area contributed by atoms with E-state index in [1.807, 2.05) is 0 Å². The Hall–Kier alpha value is -1.96. The maximum atomic E-state index is 10.4. The summed E-state index contributed by atoms with van der Waals surface area (Å²) in [5, 5.41) is 22.6. The van der Waals surface area contributed by atoms with E-state index in [1.165, 1.54) is 13.1 Å². The van der Waals surface area contributed by atoms with Gasteiger partial charge in [0, 0.05) is 0 Å². The van der Waals surface area contributed by atoms with E-state index in [-0.39, 0.29) is 12.4 Å². The second-order valence-corrected chi connectivity index (χ2v) is 3.06. The van der Waals surface area contributed by atoms with Gasteiger partial charge >= 0.3 is 11.8 Å². The lowest BCUT2D eigenvalue weighted by atomic mass is 10.3. The van der Waals surface area contributed by atoms with E-state index in [0.29, 0.717) is 5.56 Å². The molecule has 0 fully saturated rings. The molecular formula is C7H10N4O4. The minimum absolute atomic E-state index is 0.0932. The summed E-state index contributed by atoms with van der Waals surface area (Å²) in [5.74, 6) is -1.46. The molecular weight excluding hydrogens is 204 g/mol. The average molecular weight is 214 g/mol. The third kappa shape index (κ3) is 2.50. The number of carbonyl (C=O) groups is 1. The first kappa shape index (κ1) is 11.1. The molecule has 0 radical (unpaired) electrons. The third-order valence-electron chi connectivity index (χ3n) is 1.79. The summed E-state index contributed by atoms with van der Waals surface area (Å²) >= 11 is 0. The highest BCUT2D eigenvalue weighted by Gasteiger charge is 2.20. The van der Waals surface area contributed by atoms with Crippen LogP contribution in [0.4, 0.5) is 5.82 Å². The van der Waals surface area contributed by atoms with Crippen LogP contribution in [0.1, 0.15) is 5.56 Å². The zero-order valence-electron chi connectivity index (χ0n) is 7.95. The predicted octanol–water partition coefficient (Wildman–Crippen LogP) is -0.488. The van der Waals surface area contributed by atoms with Crippen molar-refractivity contribution < 1.29 is 14.8 Å². The van der Waals surface area contributed by atoms with Gasteiger partial charge < -0.3 is 21.0 Å². The highest BCUT2D eigenvalue weighted by molar-refractivity contribution is 5.72. The largest absolute Gasteiger partial charge is 0.480 e. The Morgan fingerprint density at radius 2 is 2.47 bits per heavy atom. The molecule has 3 N–H and O–H groups in total. The summed E-state index contributed by atoms with van der Waals surface area (Å²) in [5.41, 5.74) is 5.63. The molecule has 1 aromatic heterocycles. The van der Waals surface area contributed by atoms with Gasteiger partial charge in [-0.3, -0.25) is 4.79 Å². The number of nitrogens with zero attached hydrogens (tertiary/aromatic N) is 3. The summed E-state index contributed by atoms with van der Waals surface area (Å²) in [7, 11) is 0. The monoisotopic (exact) mass is 214 g/mol. The molecule has 8 nitrogen and oxygen atoms in total. The van der Waals surface area contributed by atoms with E-state index in [9.17, 15) is 14.9 Å². The molecule has 1 rings (SSSR count). The quantitative estimate of drug-likeness (QED) is 0.514. The van der Waals surface area contributed by atoms with Crippen molar-refractivity contribution in [2.45, 2.75) is 19.5 Å². The van der Waals surface area contributed by atoms with Gasteiger partial charge in [-0.05, 0) is 11.8 Å². The van der Waals surface area contributed by atoms with Gasteiger partial charge in [0.25, 0.3) is 0 Å². The number of hydrogen-bond donors (Lipinski definition) is 2. The van der Waals surface area contributed by atoms with Crippen molar-refractivity contribution in [2.24, 2.45) is 5.73 Å². The van der Waals surface area contributed by atoms with Gasteiger partial charge in [0.05, 0.1) is 23.4 Å². The maximum absolute atomic E-state index is 10.4. The summed E-state index contributed by atoms with van der Waals surface area (Å²) < 4.78 is 1.16. The average Bonchev–Trinajstić information content (AvgIpc) is 2.46. The van der Waals surface area contributed by atoms with Gasteiger partial charge in [-0.2, -0.15) is 4.68 Å². The SMILES string of the molecule is Cc1cn(CC(N)C(=O)O)nc1[N+](=O)[O-]. The summed E-state index contributed by atoms with van der Waals surface area (Å²) in [6, 6.07) is -1.12. The fourth-order valence-corrected chi connectivity index (χ4v) is 1.06. The molecule has 0 aliphatic rings. The summed E-state index contributed by atoms with van der Waals surface area (Å²) in [4.78, 5) is 20.2. The van der Waals surface area contributed by atoms with Crippen LogP contribution in [0.15, 0.2) is 6.20 Å². The first-order valence-corrected chi connectivity index (χ1v) is 4.08. The highest BCUT2D eigenvalue weighted by Crippen LogP contribution is 2.13. The molecule has 0 saturated carbocycles. The maximum Gasteiger partial charge on any atom is 0.392 e. The second kappa shape index (κ2) is 4.05. The Morgan fingerprint density at radius 3 is 2.87 bits per heavy atom. The van der Waals surface area contributed by atoms with Gasteiger partial charge in [-0.1, -0.05) is 0 Å². The molecule has 0 aliphatic carbocycles. The molecule has 1 heterocycles. The summed E-state index contributed by atoms with van der Waals surface area (Å²) in [6.45, 7) is 1.43. The van der Waals surface area contributed by atoms with Crippen LogP contribution >= 0.6 is 0 Å². The molecule has 82 valence electrons. The molecule has 1 unspecified atom stereocenters. The van der Waals surface area contributed by atoms with Gasteiger partial charge in [0.1, 0.15) is 6.04 Å². The number of nitro groups is 1. The molecule has 1 aromatic rings. The number of hydrogen-bond acceptors (Lipinski definition) is 5. The smallest absolute Gasteiger partial charge is 0.392 e. The zero-order valence-corrected chi connectivity index (χ0v) is 7.95. The van der Waals surface area contributed by atoms with Gasteiger partial charge in [0.2, 0.25) is 0 Å². The minimum atomic E-state index is -1.18. The topological polar surface area (TPSA) is 124 Å². The standard InChI is InChI=1S/C7H10N4O4/c1-4-2-10(3-5(8)7(12)13)9-6(4)11(14)15/h2,5H,3,8H2,1H3,(H,12,13). The van der Waals surface area contributed by atoms with Crippen LogP contribution in [0.25, 0.3) is 0 Å². The molecule has 0 saturated heterocycles. The molecule has 0 aromatic carbocycles. The van der Waals surface area contributed by atoms with Crippen LogP contribution in [0.2, 0.25) is 0 Å². The lowest BCUT2D eigenvalue weighted by molar-refractivity contribution is -0.390. The number of aromatic nitrogens is 2. The number of nitrogens with two attached hydrogens (primary N) is 1. The van der Waals surface area contributed by atoms with Crippen molar-refractivity contribution in [3.8, 4) is 0 Å². The van der Waals surface area contributed by atoms with Crippen LogP contribution in [0.3, 0.4) is 0 Å².